The van der Waals surface area contributed by atoms with Crippen molar-refractivity contribution in [1.82, 2.24) is 4.90 Å². The first kappa shape index (κ1) is 29.3. The number of hydrogen-bond donors (Lipinski definition) is 2. The number of hydrogen-bond acceptors (Lipinski definition) is 4. The Morgan fingerprint density at radius 3 is 2.20 bits per heavy atom. The van der Waals surface area contributed by atoms with E-state index >= 15 is 0 Å². The number of ether oxygens (including phenoxy) is 1. The van der Waals surface area contributed by atoms with Crippen LogP contribution in [0.4, 0.5) is 0 Å². The van der Waals surface area contributed by atoms with Crippen LogP contribution in [0.15, 0.2) is 72.8 Å². The summed E-state index contributed by atoms with van der Waals surface area (Å²) in [5.74, 6) is -0.124. The van der Waals surface area contributed by atoms with E-state index in [1.807, 2.05) is 30.3 Å². The zero-order valence-corrected chi connectivity index (χ0v) is 23.3. The van der Waals surface area contributed by atoms with E-state index in [9.17, 15) is 14.7 Å². The van der Waals surface area contributed by atoms with Crippen molar-refractivity contribution in [3.63, 3.8) is 0 Å². The van der Waals surface area contributed by atoms with Gasteiger partial charge in [-0.3, -0.25) is 9.69 Å². The molecular formula is C34H41NO5. The minimum absolute atomic E-state index is 0.166. The molecule has 0 amide bonds. The lowest BCUT2D eigenvalue weighted by Gasteiger charge is -2.23. The van der Waals surface area contributed by atoms with Gasteiger partial charge in [-0.1, -0.05) is 73.9 Å². The number of carbonyl (C=O) groups is 2. The van der Waals surface area contributed by atoms with Crippen molar-refractivity contribution >= 4 is 11.9 Å². The van der Waals surface area contributed by atoms with E-state index in [4.69, 9.17) is 9.84 Å². The van der Waals surface area contributed by atoms with Crippen molar-refractivity contribution in [2.75, 3.05) is 13.1 Å². The summed E-state index contributed by atoms with van der Waals surface area (Å²) in [6, 6.07) is 24.0. The van der Waals surface area contributed by atoms with Gasteiger partial charge in [0.2, 0.25) is 0 Å². The van der Waals surface area contributed by atoms with Crippen LogP contribution in [0, 0.1) is 0 Å². The fraction of sp³-hybridized carbons (Fsp3) is 0.412. The predicted octanol–water partition coefficient (Wildman–Crippen LogP) is 7.31. The van der Waals surface area contributed by atoms with Gasteiger partial charge in [0.15, 0.2) is 0 Å². The van der Waals surface area contributed by atoms with Crippen LogP contribution in [0.3, 0.4) is 0 Å². The lowest BCUT2D eigenvalue weighted by molar-refractivity contribution is -0.137. The molecule has 40 heavy (non-hydrogen) atoms. The van der Waals surface area contributed by atoms with E-state index in [0.29, 0.717) is 25.5 Å². The number of carboxylic acid groups (broad SMARTS) is 2. The summed E-state index contributed by atoms with van der Waals surface area (Å²) in [7, 11) is 0. The molecular weight excluding hydrogens is 502 g/mol. The Bertz CT molecular complexity index is 1220. The monoisotopic (exact) mass is 543 g/mol. The predicted molar refractivity (Wildman–Crippen MR) is 157 cm³/mol. The number of unbranched alkanes of at least 4 members (excludes halogenated alkanes) is 1. The van der Waals surface area contributed by atoms with Crippen LogP contribution in [0.5, 0.6) is 5.75 Å². The van der Waals surface area contributed by atoms with Gasteiger partial charge in [-0.05, 0) is 85.0 Å². The molecule has 3 aromatic carbocycles. The van der Waals surface area contributed by atoms with Crippen LogP contribution in [0.1, 0.15) is 89.9 Å². The molecule has 0 aliphatic heterocycles. The molecule has 6 nitrogen and oxygen atoms in total. The minimum Gasteiger partial charge on any atom is -0.489 e. The van der Waals surface area contributed by atoms with Gasteiger partial charge in [0.1, 0.15) is 12.4 Å². The van der Waals surface area contributed by atoms with Gasteiger partial charge >= 0.3 is 11.9 Å². The van der Waals surface area contributed by atoms with Crippen LogP contribution in [-0.4, -0.2) is 40.1 Å². The summed E-state index contributed by atoms with van der Waals surface area (Å²) in [6.07, 6.45) is 9.01. The molecule has 6 heteroatoms. The maximum Gasteiger partial charge on any atom is 0.335 e. The average Bonchev–Trinajstić information content (AvgIpc) is 2.98. The molecule has 0 atom stereocenters. The van der Waals surface area contributed by atoms with Crippen LogP contribution in [0.2, 0.25) is 0 Å². The Kier molecular flexibility index (Phi) is 11.2. The van der Waals surface area contributed by atoms with E-state index in [1.165, 1.54) is 43.2 Å². The first-order chi connectivity index (χ1) is 19.5. The van der Waals surface area contributed by atoms with Crippen LogP contribution >= 0.6 is 0 Å². The molecule has 1 fully saturated rings. The number of carboxylic acids is 2. The third-order valence-electron chi connectivity index (χ3n) is 7.84. The SMILES string of the molecule is O=C(O)CCCCN(CCc1ccccc1OCc1ccc(C2CCCCC2)cc1)Cc1ccc(C(=O)O)cc1. The van der Waals surface area contributed by atoms with E-state index in [1.54, 1.807) is 12.1 Å². The lowest BCUT2D eigenvalue weighted by Crippen LogP contribution is -2.27. The molecule has 0 saturated heterocycles. The Morgan fingerprint density at radius 1 is 0.800 bits per heavy atom. The highest BCUT2D eigenvalue weighted by Gasteiger charge is 2.15. The summed E-state index contributed by atoms with van der Waals surface area (Å²) in [4.78, 5) is 24.5. The highest BCUT2D eigenvalue weighted by molar-refractivity contribution is 5.87. The zero-order valence-electron chi connectivity index (χ0n) is 23.3. The van der Waals surface area contributed by atoms with Crippen LogP contribution < -0.4 is 4.74 Å². The van der Waals surface area contributed by atoms with E-state index < -0.39 is 11.9 Å². The largest absolute Gasteiger partial charge is 0.489 e. The molecule has 212 valence electrons. The quantitative estimate of drug-likeness (QED) is 0.195. The van der Waals surface area contributed by atoms with E-state index in [-0.39, 0.29) is 12.0 Å². The normalized spacial score (nSPS) is 13.8. The standard InChI is InChI=1S/C34H41NO5/c36-33(37)12-6-7-22-35(24-26-13-19-31(20-14-26)34(38)39)23-21-30-10-4-5-11-32(30)40-25-27-15-17-29(18-16-27)28-8-2-1-3-9-28/h4-5,10-11,13-20,28H,1-3,6-9,12,21-25H2,(H,36,37)(H,38,39). The second kappa shape index (κ2) is 15.2. The molecule has 1 aliphatic carbocycles. The fourth-order valence-corrected chi connectivity index (χ4v) is 5.51. The number of aliphatic carboxylic acids is 1. The number of nitrogens with zero attached hydrogens (tertiary/aromatic N) is 1. The number of rotatable bonds is 15. The van der Waals surface area contributed by atoms with Crippen LogP contribution in [0.25, 0.3) is 0 Å². The third kappa shape index (κ3) is 9.23. The van der Waals surface area contributed by atoms with E-state index in [0.717, 1.165) is 42.8 Å². The van der Waals surface area contributed by atoms with Gasteiger partial charge in [-0.25, -0.2) is 4.79 Å². The third-order valence-corrected chi connectivity index (χ3v) is 7.84. The molecule has 0 spiro atoms. The van der Waals surface area contributed by atoms with Gasteiger partial charge in [-0.15, -0.1) is 0 Å². The highest BCUT2D eigenvalue weighted by atomic mass is 16.5. The zero-order chi connectivity index (χ0) is 28.2. The van der Waals surface area contributed by atoms with Crippen molar-refractivity contribution in [1.29, 1.82) is 0 Å². The lowest BCUT2D eigenvalue weighted by atomic mass is 9.84. The van der Waals surface area contributed by atoms with E-state index in [2.05, 4.69) is 35.2 Å². The topological polar surface area (TPSA) is 87.1 Å². The molecule has 1 aliphatic rings. The van der Waals surface area contributed by atoms with Crippen molar-refractivity contribution in [3.8, 4) is 5.75 Å². The summed E-state index contributed by atoms with van der Waals surface area (Å²) in [6.45, 7) is 2.74. The Balaban J connectivity index is 1.35. The molecule has 0 heterocycles. The second-order valence-corrected chi connectivity index (χ2v) is 10.9. The first-order valence-electron chi connectivity index (χ1n) is 14.5. The molecule has 0 radical (unpaired) electrons. The first-order valence-corrected chi connectivity index (χ1v) is 14.5. The van der Waals surface area contributed by atoms with Gasteiger partial charge in [-0.2, -0.15) is 0 Å². The maximum absolute atomic E-state index is 11.2. The van der Waals surface area contributed by atoms with Crippen LogP contribution in [-0.2, 0) is 24.4 Å². The molecule has 4 rings (SSSR count). The minimum atomic E-state index is -0.936. The number of aromatic carboxylic acids is 1. The Hall–Kier alpha value is -3.64. The summed E-state index contributed by atoms with van der Waals surface area (Å²) in [5, 5.41) is 18.2. The smallest absolute Gasteiger partial charge is 0.335 e. The molecule has 2 N–H and O–H groups in total. The molecule has 3 aromatic rings. The average molecular weight is 544 g/mol. The highest BCUT2D eigenvalue weighted by Crippen LogP contribution is 2.32. The fourth-order valence-electron chi connectivity index (χ4n) is 5.51. The van der Waals surface area contributed by atoms with Gasteiger partial charge in [0, 0.05) is 19.5 Å². The maximum atomic E-state index is 11.2. The molecule has 1 saturated carbocycles. The second-order valence-electron chi connectivity index (χ2n) is 10.9. The number of para-hydroxylation sites is 1. The summed E-state index contributed by atoms with van der Waals surface area (Å²) >= 11 is 0. The summed E-state index contributed by atoms with van der Waals surface area (Å²) < 4.78 is 6.28. The Morgan fingerprint density at radius 2 is 1.50 bits per heavy atom. The molecule has 0 aromatic heterocycles. The van der Waals surface area contributed by atoms with Gasteiger partial charge in [0.05, 0.1) is 5.56 Å². The van der Waals surface area contributed by atoms with Gasteiger partial charge < -0.3 is 14.9 Å². The van der Waals surface area contributed by atoms with Gasteiger partial charge in [0.25, 0.3) is 0 Å². The van der Waals surface area contributed by atoms with Crippen molar-refractivity contribution in [2.45, 2.75) is 76.9 Å². The molecule has 0 bridgehead atoms. The van der Waals surface area contributed by atoms with Crippen molar-refractivity contribution in [3.05, 3.63) is 101 Å². The Labute approximate surface area is 237 Å². The van der Waals surface area contributed by atoms with Crippen molar-refractivity contribution in [2.24, 2.45) is 0 Å². The molecule has 0 unspecified atom stereocenters. The summed E-state index contributed by atoms with van der Waals surface area (Å²) in [5.41, 5.74) is 5.05. The van der Waals surface area contributed by atoms with Crippen molar-refractivity contribution < 1.29 is 24.5 Å². The number of benzene rings is 3.